The number of hydrogen-bond acceptors (Lipinski definition) is 4. The second kappa shape index (κ2) is 3.24. The van der Waals surface area contributed by atoms with E-state index >= 15 is 0 Å². The summed E-state index contributed by atoms with van der Waals surface area (Å²) in [4.78, 5) is 10.1. The zero-order valence-electron chi connectivity index (χ0n) is 6.25. The van der Waals surface area contributed by atoms with E-state index in [9.17, 15) is 22.4 Å². The maximum atomic E-state index is 12.4. The fourth-order valence-electron chi connectivity index (χ4n) is 0.538. The molecule has 0 aliphatic carbocycles. The standard InChI is InChI=1S/C5H2F4N2O3/c6-3(7)5(8,9)4-11-10-1(14-4)2(12)13/h3H,(H,12,13). The van der Waals surface area contributed by atoms with Crippen LogP contribution in [0, 0.1) is 0 Å². The van der Waals surface area contributed by atoms with Gasteiger partial charge in [-0.05, 0) is 0 Å². The average molecular weight is 214 g/mol. The minimum atomic E-state index is -4.64. The molecule has 1 N–H and O–H groups in total. The summed E-state index contributed by atoms with van der Waals surface area (Å²) in [5.41, 5.74) is 0. The summed E-state index contributed by atoms with van der Waals surface area (Å²) in [6.07, 6.45) is -4.04. The highest BCUT2D eigenvalue weighted by Crippen LogP contribution is 2.33. The average Bonchev–Trinajstić information content (AvgIpc) is 2.51. The molecular formula is C5H2F4N2O3. The molecule has 0 spiro atoms. The fraction of sp³-hybridized carbons (Fsp3) is 0.400. The Kier molecular flexibility index (Phi) is 2.41. The van der Waals surface area contributed by atoms with Crippen LogP contribution in [0.25, 0.3) is 0 Å². The van der Waals surface area contributed by atoms with Crippen LogP contribution in [0.1, 0.15) is 16.6 Å². The lowest BCUT2D eigenvalue weighted by Crippen LogP contribution is -2.23. The van der Waals surface area contributed by atoms with Gasteiger partial charge in [0.2, 0.25) is 0 Å². The van der Waals surface area contributed by atoms with Crippen LogP contribution in [0.2, 0.25) is 0 Å². The van der Waals surface area contributed by atoms with Gasteiger partial charge in [-0.3, -0.25) is 0 Å². The molecule has 1 aromatic heterocycles. The van der Waals surface area contributed by atoms with E-state index in [0.717, 1.165) is 0 Å². The van der Waals surface area contributed by atoms with Crippen LogP contribution in [0.3, 0.4) is 0 Å². The van der Waals surface area contributed by atoms with E-state index in [4.69, 9.17) is 5.11 Å². The number of carboxylic acid groups (broad SMARTS) is 1. The van der Waals surface area contributed by atoms with Crippen LogP contribution >= 0.6 is 0 Å². The first kappa shape index (κ1) is 10.4. The second-order valence-electron chi connectivity index (χ2n) is 2.14. The van der Waals surface area contributed by atoms with E-state index in [0.29, 0.717) is 0 Å². The van der Waals surface area contributed by atoms with Crippen LogP contribution in [-0.2, 0) is 5.92 Å². The molecule has 0 aliphatic rings. The summed E-state index contributed by atoms with van der Waals surface area (Å²) in [6, 6.07) is 0. The largest absolute Gasteiger partial charge is 0.474 e. The lowest BCUT2D eigenvalue weighted by molar-refractivity contribution is -0.151. The number of carboxylic acids is 1. The van der Waals surface area contributed by atoms with Crippen molar-refractivity contribution in [2.75, 3.05) is 0 Å². The van der Waals surface area contributed by atoms with Gasteiger partial charge in [0.1, 0.15) is 0 Å². The predicted molar refractivity (Wildman–Crippen MR) is 31.2 cm³/mol. The lowest BCUT2D eigenvalue weighted by atomic mass is 10.3. The number of alkyl halides is 4. The molecule has 0 radical (unpaired) electrons. The molecule has 1 rings (SSSR count). The first-order chi connectivity index (χ1) is 6.35. The number of rotatable bonds is 3. The van der Waals surface area contributed by atoms with Crippen molar-refractivity contribution in [3.05, 3.63) is 11.8 Å². The molecule has 0 fully saturated rings. The maximum Gasteiger partial charge on any atom is 0.393 e. The van der Waals surface area contributed by atoms with Crippen LogP contribution in [0.5, 0.6) is 0 Å². The Morgan fingerprint density at radius 3 is 2.36 bits per heavy atom. The van der Waals surface area contributed by atoms with Gasteiger partial charge in [-0.1, -0.05) is 0 Å². The normalized spacial score (nSPS) is 12.1. The highest BCUT2D eigenvalue weighted by Gasteiger charge is 2.48. The van der Waals surface area contributed by atoms with E-state index in [1.165, 1.54) is 0 Å². The maximum absolute atomic E-state index is 12.4. The zero-order chi connectivity index (χ0) is 10.9. The van der Waals surface area contributed by atoms with Gasteiger partial charge < -0.3 is 9.52 Å². The van der Waals surface area contributed by atoms with Crippen molar-refractivity contribution in [1.29, 1.82) is 0 Å². The van der Waals surface area contributed by atoms with E-state index in [1.54, 1.807) is 0 Å². The molecule has 0 amide bonds. The molecule has 0 bridgehead atoms. The third kappa shape index (κ3) is 1.65. The van der Waals surface area contributed by atoms with Crippen molar-refractivity contribution in [3.8, 4) is 0 Å². The summed E-state index contributed by atoms with van der Waals surface area (Å²) >= 11 is 0. The van der Waals surface area contributed by atoms with Crippen molar-refractivity contribution in [2.45, 2.75) is 12.3 Å². The summed E-state index contributed by atoms with van der Waals surface area (Å²) in [6.45, 7) is 0. The van der Waals surface area contributed by atoms with Gasteiger partial charge >= 0.3 is 24.2 Å². The fourth-order valence-corrected chi connectivity index (χ4v) is 0.538. The first-order valence-electron chi connectivity index (χ1n) is 3.09. The molecular weight excluding hydrogens is 212 g/mol. The number of halogens is 4. The number of hydrogen-bond donors (Lipinski definition) is 1. The van der Waals surface area contributed by atoms with Gasteiger partial charge in [-0.25, -0.2) is 13.6 Å². The molecule has 9 heteroatoms. The molecule has 14 heavy (non-hydrogen) atoms. The highest BCUT2D eigenvalue weighted by molar-refractivity contribution is 5.81. The summed E-state index contributed by atoms with van der Waals surface area (Å²) < 4.78 is 52.0. The van der Waals surface area contributed by atoms with Gasteiger partial charge in [-0.15, -0.1) is 10.2 Å². The minimum absolute atomic E-state index is 1.17. The van der Waals surface area contributed by atoms with Crippen LogP contribution in [0.15, 0.2) is 4.42 Å². The first-order valence-corrected chi connectivity index (χ1v) is 3.09. The molecule has 0 atom stereocenters. The van der Waals surface area contributed by atoms with Gasteiger partial charge in [0.25, 0.3) is 5.89 Å². The molecule has 78 valence electrons. The predicted octanol–water partition coefficient (Wildman–Crippen LogP) is 1.12. The topological polar surface area (TPSA) is 76.2 Å². The van der Waals surface area contributed by atoms with E-state index < -0.39 is 30.1 Å². The number of aromatic nitrogens is 2. The molecule has 1 heterocycles. The monoisotopic (exact) mass is 214 g/mol. The van der Waals surface area contributed by atoms with Gasteiger partial charge in [0.15, 0.2) is 0 Å². The summed E-state index contributed by atoms with van der Waals surface area (Å²) in [5, 5.41) is 13.3. The van der Waals surface area contributed by atoms with Gasteiger partial charge in [0, 0.05) is 0 Å². The zero-order valence-corrected chi connectivity index (χ0v) is 6.25. The molecule has 5 nitrogen and oxygen atoms in total. The smallest absolute Gasteiger partial charge is 0.393 e. The Morgan fingerprint density at radius 1 is 1.43 bits per heavy atom. The number of carbonyl (C=O) groups is 1. The quantitative estimate of drug-likeness (QED) is 0.763. The van der Waals surface area contributed by atoms with Crippen molar-refractivity contribution in [1.82, 2.24) is 10.2 Å². The molecule has 1 aromatic rings. The Labute approximate surface area is 73.3 Å². The Hall–Kier alpha value is -1.67. The summed E-state index contributed by atoms with van der Waals surface area (Å²) in [5.74, 6) is -9.29. The molecule has 0 saturated heterocycles. The van der Waals surface area contributed by atoms with Crippen LogP contribution < -0.4 is 0 Å². The minimum Gasteiger partial charge on any atom is -0.474 e. The van der Waals surface area contributed by atoms with Crippen LogP contribution in [0.4, 0.5) is 17.6 Å². The summed E-state index contributed by atoms with van der Waals surface area (Å²) in [7, 11) is 0. The Bertz CT molecular complexity index is 351. The van der Waals surface area contributed by atoms with Crippen molar-refractivity contribution >= 4 is 5.97 Å². The van der Waals surface area contributed by atoms with Crippen molar-refractivity contribution in [2.24, 2.45) is 0 Å². The van der Waals surface area contributed by atoms with Gasteiger partial charge in [0.05, 0.1) is 0 Å². The third-order valence-electron chi connectivity index (χ3n) is 1.17. The Balaban J connectivity index is 3.02. The highest BCUT2D eigenvalue weighted by atomic mass is 19.3. The molecule has 0 saturated carbocycles. The second-order valence-corrected chi connectivity index (χ2v) is 2.14. The molecule has 0 aromatic carbocycles. The van der Waals surface area contributed by atoms with Crippen molar-refractivity contribution < 1.29 is 31.9 Å². The number of aromatic carboxylic acids is 1. The Morgan fingerprint density at radius 2 is 2.00 bits per heavy atom. The SMILES string of the molecule is O=C(O)c1nnc(C(F)(F)C(F)F)o1. The van der Waals surface area contributed by atoms with Crippen LogP contribution in [-0.4, -0.2) is 27.7 Å². The number of nitrogens with zero attached hydrogens (tertiary/aromatic N) is 2. The third-order valence-corrected chi connectivity index (χ3v) is 1.17. The van der Waals surface area contributed by atoms with E-state index in [2.05, 4.69) is 14.6 Å². The lowest BCUT2D eigenvalue weighted by Gasteiger charge is -2.08. The van der Waals surface area contributed by atoms with Gasteiger partial charge in [-0.2, -0.15) is 8.78 Å². The molecule has 0 aliphatic heterocycles. The van der Waals surface area contributed by atoms with E-state index in [-0.39, 0.29) is 0 Å². The van der Waals surface area contributed by atoms with E-state index in [1.807, 2.05) is 0 Å². The molecule has 0 unspecified atom stereocenters. The van der Waals surface area contributed by atoms with Crippen molar-refractivity contribution in [3.63, 3.8) is 0 Å².